The summed E-state index contributed by atoms with van der Waals surface area (Å²) >= 11 is 4.73. The van der Waals surface area contributed by atoms with E-state index in [4.69, 9.17) is 0 Å². The van der Waals surface area contributed by atoms with Crippen molar-refractivity contribution in [2.75, 3.05) is 11.6 Å². The molecule has 0 aliphatic heterocycles. The molecule has 6 heteroatoms. The molecular formula is C15H12BrNO3S. The SMILES string of the molecule is CSc1ccccc1C(=O)Nc1c(Br)cccc1C(=O)O. The second-order valence-corrected chi connectivity index (χ2v) is 5.82. The molecule has 0 bridgehead atoms. The minimum Gasteiger partial charge on any atom is -0.478 e. The van der Waals surface area contributed by atoms with Crippen LogP contribution in [0.1, 0.15) is 20.7 Å². The number of aromatic carboxylic acids is 1. The third-order valence-corrected chi connectivity index (χ3v) is 4.29. The van der Waals surface area contributed by atoms with E-state index in [9.17, 15) is 14.7 Å². The van der Waals surface area contributed by atoms with Crippen molar-refractivity contribution in [1.29, 1.82) is 0 Å². The van der Waals surface area contributed by atoms with Crippen LogP contribution >= 0.6 is 27.7 Å². The number of hydrogen-bond donors (Lipinski definition) is 2. The Labute approximate surface area is 134 Å². The number of anilines is 1. The van der Waals surface area contributed by atoms with Gasteiger partial charge in [0, 0.05) is 9.37 Å². The van der Waals surface area contributed by atoms with E-state index in [1.54, 1.807) is 24.3 Å². The molecule has 0 heterocycles. The summed E-state index contributed by atoms with van der Waals surface area (Å²) in [6, 6.07) is 11.9. The van der Waals surface area contributed by atoms with Gasteiger partial charge in [-0.3, -0.25) is 4.79 Å². The monoisotopic (exact) mass is 365 g/mol. The fraction of sp³-hybridized carbons (Fsp3) is 0.0667. The Hall–Kier alpha value is -1.79. The molecule has 21 heavy (non-hydrogen) atoms. The lowest BCUT2D eigenvalue weighted by Gasteiger charge is -2.12. The van der Waals surface area contributed by atoms with E-state index in [0.29, 0.717) is 10.0 Å². The Kier molecular flexibility index (Phi) is 5.03. The minimum absolute atomic E-state index is 0.0411. The molecule has 4 nitrogen and oxygen atoms in total. The molecule has 0 radical (unpaired) electrons. The predicted octanol–water partition coefficient (Wildman–Crippen LogP) is 4.12. The molecule has 1 amide bonds. The molecule has 0 fully saturated rings. The number of para-hydroxylation sites is 1. The fourth-order valence-corrected chi connectivity index (χ4v) is 2.90. The van der Waals surface area contributed by atoms with Gasteiger partial charge in [0.25, 0.3) is 5.91 Å². The first-order valence-electron chi connectivity index (χ1n) is 6.00. The first-order valence-corrected chi connectivity index (χ1v) is 8.02. The first-order chi connectivity index (χ1) is 10.0. The second kappa shape index (κ2) is 6.78. The van der Waals surface area contributed by atoms with Crippen LogP contribution in [0.3, 0.4) is 0 Å². The maximum Gasteiger partial charge on any atom is 0.337 e. The van der Waals surface area contributed by atoms with Crippen molar-refractivity contribution in [2.45, 2.75) is 4.90 Å². The molecule has 2 N–H and O–H groups in total. The van der Waals surface area contributed by atoms with Gasteiger partial charge in [-0.2, -0.15) is 0 Å². The molecule has 2 aromatic carbocycles. The van der Waals surface area contributed by atoms with Crippen LogP contribution < -0.4 is 5.32 Å². The normalized spacial score (nSPS) is 10.2. The molecule has 0 aliphatic rings. The summed E-state index contributed by atoms with van der Waals surface area (Å²) in [5, 5.41) is 11.9. The van der Waals surface area contributed by atoms with Crippen LogP contribution in [0.4, 0.5) is 5.69 Å². The van der Waals surface area contributed by atoms with Crippen molar-refractivity contribution in [3.63, 3.8) is 0 Å². The van der Waals surface area contributed by atoms with Crippen molar-refractivity contribution in [3.05, 3.63) is 58.1 Å². The second-order valence-electron chi connectivity index (χ2n) is 4.12. The molecular weight excluding hydrogens is 354 g/mol. The topological polar surface area (TPSA) is 66.4 Å². The standard InChI is InChI=1S/C15H12BrNO3S/c1-21-12-8-3-2-5-9(12)14(18)17-13-10(15(19)20)6-4-7-11(13)16/h2-8H,1H3,(H,17,18)(H,19,20). The molecule has 0 saturated heterocycles. The zero-order valence-electron chi connectivity index (χ0n) is 11.1. The highest BCUT2D eigenvalue weighted by molar-refractivity contribution is 9.10. The van der Waals surface area contributed by atoms with Crippen molar-refractivity contribution >= 4 is 45.3 Å². The largest absolute Gasteiger partial charge is 0.478 e. The summed E-state index contributed by atoms with van der Waals surface area (Å²) in [5.41, 5.74) is 0.808. The lowest BCUT2D eigenvalue weighted by atomic mass is 10.1. The van der Waals surface area contributed by atoms with Gasteiger partial charge in [-0.15, -0.1) is 11.8 Å². The van der Waals surface area contributed by atoms with Crippen molar-refractivity contribution in [3.8, 4) is 0 Å². The molecule has 0 spiro atoms. The Morgan fingerprint density at radius 1 is 1.10 bits per heavy atom. The summed E-state index contributed by atoms with van der Waals surface area (Å²) in [6.07, 6.45) is 1.88. The average Bonchev–Trinajstić information content (AvgIpc) is 2.48. The molecule has 0 saturated carbocycles. The number of nitrogens with one attached hydrogen (secondary N) is 1. The van der Waals surface area contributed by atoms with Crippen molar-refractivity contribution < 1.29 is 14.7 Å². The van der Waals surface area contributed by atoms with E-state index in [1.807, 2.05) is 18.4 Å². The molecule has 2 rings (SSSR count). The van der Waals surface area contributed by atoms with Crippen LogP contribution in [0.15, 0.2) is 51.8 Å². The fourth-order valence-electron chi connectivity index (χ4n) is 1.84. The Balaban J connectivity index is 2.38. The molecule has 0 unspecified atom stereocenters. The highest BCUT2D eigenvalue weighted by Gasteiger charge is 2.17. The van der Waals surface area contributed by atoms with Gasteiger partial charge in [0.1, 0.15) is 0 Å². The summed E-state index contributed by atoms with van der Waals surface area (Å²) in [5.74, 6) is -1.43. The van der Waals surface area contributed by atoms with Crippen LogP contribution in [-0.2, 0) is 0 Å². The van der Waals surface area contributed by atoms with Gasteiger partial charge in [0.2, 0.25) is 0 Å². The zero-order chi connectivity index (χ0) is 15.4. The number of rotatable bonds is 4. The van der Waals surface area contributed by atoms with Gasteiger partial charge in [0.15, 0.2) is 0 Å². The van der Waals surface area contributed by atoms with Gasteiger partial charge in [-0.05, 0) is 46.5 Å². The maximum atomic E-state index is 12.4. The Bertz CT molecular complexity index is 703. The number of carbonyl (C=O) groups is 2. The summed E-state index contributed by atoms with van der Waals surface area (Å²) in [7, 11) is 0. The molecule has 2 aromatic rings. The highest BCUT2D eigenvalue weighted by atomic mass is 79.9. The van der Waals surface area contributed by atoms with Gasteiger partial charge in [-0.25, -0.2) is 4.79 Å². The zero-order valence-corrected chi connectivity index (χ0v) is 13.5. The number of carboxylic acids is 1. The number of benzene rings is 2. The Morgan fingerprint density at radius 3 is 2.43 bits per heavy atom. The Morgan fingerprint density at radius 2 is 1.76 bits per heavy atom. The van der Waals surface area contributed by atoms with Crippen LogP contribution in [-0.4, -0.2) is 23.2 Å². The van der Waals surface area contributed by atoms with Crippen LogP contribution in [0.25, 0.3) is 0 Å². The number of carbonyl (C=O) groups excluding carboxylic acids is 1. The van der Waals surface area contributed by atoms with Gasteiger partial charge in [0.05, 0.1) is 16.8 Å². The number of hydrogen-bond acceptors (Lipinski definition) is 3. The number of carboxylic acid groups (broad SMARTS) is 1. The summed E-state index contributed by atoms with van der Waals surface area (Å²) in [6.45, 7) is 0. The molecule has 0 atom stereocenters. The van der Waals surface area contributed by atoms with E-state index in [1.165, 1.54) is 17.8 Å². The quantitative estimate of drug-likeness (QED) is 0.799. The lowest BCUT2D eigenvalue weighted by Crippen LogP contribution is -2.16. The number of thioether (sulfide) groups is 1. The first kappa shape index (κ1) is 15.6. The van der Waals surface area contributed by atoms with Crippen LogP contribution in [0, 0.1) is 0 Å². The van der Waals surface area contributed by atoms with E-state index in [-0.39, 0.29) is 17.2 Å². The minimum atomic E-state index is -1.09. The summed E-state index contributed by atoms with van der Waals surface area (Å²) in [4.78, 5) is 24.5. The number of amides is 1. The maximum absolute atomic E-state index is 12.4. The van der Waals surface area contributed by atoms with Crippen molar-refractivity contribution in [1.82, 2.24) is 0 Å². The highest BCUT2D eigenvalue weighted by Crippen LogP contribution is 2.28. The van der Waals surface area contributed by atoms with E-state index < -0.39 is 5.97 Å². The average molecular weight is 366 g/mol. The van der Waals surface area contributed by atoms with Gasteiger partial charge >= 0.3 is 5.97 Å². The molecule has 108 valence electrons. The lowest BCUT2D eigenvalue weighted by molar-refractivity contribution is 0.0698. The van der Waals surface area contributed by atoms with Gasteiger partial charge in [-0.1, -0.05) is 18.2 Å². The predicted molar refractivity (Wildman–Crippen MR) is 87.3 cm³/mol. The molecule has 0 aliphatic carbocycles. The van der Waals surface area contributed by atoms with Crippen molar-refractivity contribution in [2.24, 2.45) is 0 Å². The summed E-state index contributed by atoms with van der Waals surface area (Å²) < 4.78 is 0.525. The van der Waals surface area contributed by atoms with Crippen LogP contribution in [0.2, 0.25) is 0 Å². The molecule has 0 aromatic heterocycles. The number of halogens is 1. The van der Waals surface area contributed by atoms with E-state index >= 15 is 0 Å². The van der Waals surface area contributed by atoms with Gasteiger partial charge < -0.3 is 10.4 Å². The third-order valence-electron chi connectivity index (χ3n) is 2.83. The smallest absolute Gasteiger partial charge is 0.337 e. The van der Waals surface area contributed by atoms with E-state index in [0.717, 1.165) is 4.90 Å². The van der Waals surface area contributed by atoms with Crippen LogP contribution in [0.5, 0.6) is 0 Å². The van der Waals surface area contributed by atoms with E-state index in [2.05, 4.69) is 21.2 Å². The third kappa shape index (κ3) is 3.46.